The van der Waals surface area contributed by atoms with Crippen LogP contribution in [0.1, 0.15) is 45.2 Å². The smallest absolute Gasteiger partial charge is 0.338 e. The van der Waals surface area contributed by atoms with Gasteiger partial charge in [-0.25, -0.2) is 4.79 Å². The van der Waals surface area contributed by atoms with E-state index in [-0.39, 0.29) is 0 Å². The van der Waals surface area contributed by atoms with Crippen LogP contribution in [0.15, 0.2) is 63.0 Å². The van der Waals surface area contributed by atoms with Gasteiger partial charge < -0.3 is 10.1 Å². The number of rotatable bonds is 7. The molecule has 6 heteroatoms. The summed E-state index contributed by atoms with van der Waals surface area (Å²) in [7, 11) is 1.37. The summed E-state index contributed by atoms with van der Waals surface area (Å²) in [5, 5.41) is 5.87. The molecule has 1 aromatic carbocycles. The number of halogens is 1. The van der Waals surface area contributed by atoms with Gasteiger partial charge in [0.05, 0.1) is 12.7 Å². The molecule has 1 heterocycles. The Labute approximate surface area is 170 Å². The molecule has 0 aliphatic carbocycles. The number of amidine groups is 1. The fourth-order valence-electron chi connectivity index (χ4n) is 2.72. The highest BCUT2D eigenvalue weighted by atomic mass is 35.5. The van der Waals surface area contributed by atoms with Crippen LogP contribution in [0.2, 0.25) is 5.02 Å². The van der Waals surface area contributed by atoms with Crippen LogP contribution in [0.3, 0.4) is 0 Å². The van der Waals surface area contributed by atoms with Crippen molar-refractivity contribution in [2.24, 2.45) is 4.99 Å². The topological polar surface area (TPSA) is 50.7 Å². The molecule has 1 aromatic rings. The summed E-state index contributed by atoms with van der Waals surface area (Å²) in [6.45, 7) is 5.98. The van der Waals surface area contributed by atoms with Gasteiger partial charge in [-0.2, -0.15) is 0 Å². The van der Waals surface area contributed by atoms with Crippen LogP contribution in [0, 0.1) is 0 Å². The Balaban J connectivity index is 2.55. The zero-order chi connectivity index (χ0) is 19.8. The summed E-state index contributed by atoms with van der Waals surface area (Å²) in [5.41, 5.74) is 1.98. The van der Waals surface area contributed by atoms with E-state index in [1.54, 1.807) is 17.8 Å². The summed E-state index contributed by atoms with van der Waals surface area (Å²) in [5.74, 6) is 0.328. The molecule has 0 saturated heterocycles. The molecular weight excluding hydrogens is 380 g/mol. The molecule has 0 radical (unpaired) electrons. The van der Waals surface area contributed by atoms with Gasteiger partial charge in [0.15, 0.2) is 0 Å². The van der Waals surface area contributed by atoms with Crippen LogP contribution < -0.4 is 5.32 Å². The van der Waals surface area contributed by atoms with E-state index >= 15 is 0 Å². The van der Waals surface area contributed by atoms with Gasteiger partial charge >= 0.3 is 5.97 Å². The average Bonchev–Trinajstić information content (AvgIpc) is 2.67. The van der Waals surface area contributed by atoms with E-state index in [9.17, 15) is 4.79 Å². The second kappa shape index (κ2) is 10.4. The van der Waals surface area contributed by atoms with E-state index in [0.29, 0.717) is 10.6 Å². The van der Waals surface area contributed by atoms with Crippen molar-refractivity contribution < 1.29 is 9.53 Å². The van der Waals surface area contributed by atoms with Crippen LogP contribution in [-0.2, 0) is 9.53 Å². The fraction of sp³-hybridized carbons (Fsp3) is 0.333. The van der Waals surface area contributed by atoms with Gasteiger partial charge in [0.2, 0.25) is 0 Å². The number of nitrogens with zero attached hydrogens (tertiary/aromatic N) is 1. The average molecular weight is 405 g/mol. The number of thioether (sulfide) groups is 1. The van der Waals surface area contributed by atoms with Crippen molar-refractivity contribution in [1.29, 1.82) is 0 Å². The van der Waals surface area contributed by atoms with Gasteiger partial charge in [-0.1, -0.05) is 67.1 Å². The molecule has 1 atom stereocenters. The maximum Gasteiger partial charge on any atom is 0.338 e. The van der Waals surface area contributed by atoms with E-state index in [0.717, 1.165) is 34.8 Å². The van der Waals surface area contributed by atoms with Crippen LogP contribution in [0.25, 0.3) is 0 Å². The number of unbranched alkanes of at least 4 members (excludes halogenated alkanes) is 1. The van der Waals surface area contributed by atoms with E-state index < -0.39 is 12.0 Å². The lowest BCUT2D eigenvalue weighted by atomic mass is 9.96. The Bertz CT molecular complexity index is 812. The lowest BCUT2D eigenvalue weighted by Crippen LogP contribution is -2.32. The molecule has 0 aromatic heterocycles. The van der Waals surface area contributed by atoms with Crippen molar-refractivity contribution in [2.45, 2.75) is 39.7 Å². The number of esters is 1. The normalized spacial score (nSPS) is 17.7. The molecule has 2 rings (SSSR count). The number of ether oxygens (including phenoxy) is 1. The van der Waals surface area contributed by atoms with Crippen LogP contribution in [-0.4, -0.2) is 18.9 Å². The Hall–Kier alpha value is -1.98. The van der Waals surface area contributed by atoms with Crippen molar-refractivity contribution in [3.05, 3.63) is 68.6 Å². The minimum absolute atomic E-state index is 0.409. The Morgan fingerprint density at radius 1 is 1.41 bits per heavy atom. The van der Waals surface area contributed by atoms with Crippen LogP contribution in [0.4, 0.5) is 0 Å². The maximum atomic E-state index is 12.4. The minimum Gasteiger partial charge on any atom is -0.466 e. The van der Waals surface area contributed by atoms with Crippen molar-refractivity contribution in [3.63, 3.8) is 0 Å². The van der Waals surface area contributed by atoms with Crippen molar-refractivity contribution >= 4 is 35.2 Å². The number of methoxy groups -OCH3 is 1. The molecule has 1 aliphatic heterocycles. The Morgan fingerprint density at radius 2 is 2.15 bits per heavy atom. The third kappa shape index (κ3) is 5.27. The molecule has 1 aliphatic rings. The van der Waals surface area contributed by atoms with E-state index in [4.69, 9.17) is 21.3 Å². The maximum absolute atomic E-state index is 12.4. The first kappa shape index (κ1) is 21.3. The summed E-state index contributed by atoms with van der Waals surface area (Å²) in [6.07, 6.45) is 6.14. The number of benzene rings is 1. The molecule has 0 amide bonds. The zero-order valence-corrected chi connectivity index (χ0v) is 17.7. The molecule has 4 nitrogen and oxygen atoms in total. The lowest BCUT2D eigenvalue weighted by Gasteiger charge is -2.27. The molecule has 0 bridgehead atoms. The third-order valence-corrected chi connectivity index (χ3v) is 5.40. The predicted molar refractivity (Wildman–Crippen MR) is 115 cm³/mol. The molecule has 1 N–H and O–H groups in total. The summed E-state index contributed by atoms with van der Waals surface area (Å²) < 4.78 is 5.00. The van der Waals surface area contributed by atoms with Crippen molar-refractivity contribution in [3.8, 4) is 0 Å². The molecule has 27 heavy (non-hydrogen) atoms. The fourth-order valence-corrected chi connectivity index (χ4v) is 3.67. The highest BCUT2D eigenvalue weighted by Crippen LogP contribution is 2.36. The number of nitrogens with one attached hydrogen (secondary N) is 1. The quantitative estimate of drug-likeness (QED) is 0.585. The highest BCUT2D eigenvalue weighted by molar-refractivity contribution is 8.06. The lowest BCUT2D eigenvalue weighted by molar-refractivity contribution is -0.136. The SMILES string of the molecule is C/C=C\S/C(=C/CCC)C1=NC(c2ccccc2Cl)C(C(=O)OC)=C(C)N1. The first-order valence-electron chi connectivity index (χ1n) is 8.90. The highest BCUT2D eigenvalue weighted by Gasteiger charge is 2.31. The Kier molecular flexibility index (Phi) is 8.20. The van der Waals surface area contributed by atoms with E-state index in [1.165, 1.54) is 7.11 Å². The van der Waals surface area contributed by atoms with Crippen molar-refractivity contribution in [2.75, 3.05) is 7.11 Å². The molecular formula is C21H25ClN2O2S. The molecule has 0 spiro atoms. The molecule has 144 valence electrons. The van der Waals surface area contributed by atoms with Gasteiger partial charge in [-0.05, 0) is 31.7 Å². The first-order valence-corrected chi connectivity index (χ1v) is 10.2. The Morgan fingerprint density at radius 3 is 2.78 bits per heavy atom. The summed E-state index contributed by atoms with van der Waals surface area (Å²) >= 11 is 8.02. The number of carbonyl (C=O) groups excluding carboxylic acids is 1. The first-order chi connectivity index (χ1) is 13.0. The number of hydrogen-bond acceptors (Lipinski definition) is 5. The second-order valence-electron chi connectivity index (χ2n) is 6.00. The van der Waals surface area contributed by atoms with Crippen LogP contribution in [0.5, 0.6) is 0 Å². The van der Waals surface area contributed by atoms with E-state index in [2.05, 4.69) is 18.3 Å². The monoisotopic (exact) mass is 404 g/mol. The standard InChI is InChI=1S/C21H25ClN2O2S/c1-5-7-12-17(27-13-6-2)20-23-14(3)18(21(25)26-4)19(24-20)15-10-8-9-11-16(15)22/h6,8-13,19H,5,7H2,1-4H3,(H,23,24)/b13-6-,17-12+. The van der Waals surface area contributed by atoms with Gasteiger partial charge in [0, 0.05) is 21.2 Å². The summed E-state index contributed by atoms with van der Waals surface area (Å²) in [6, 6.07) is 6.94. The molecule has 0 saturated carbocycles. The molecule has 1 unspecified atom stereocenters. The van der Waals surface area contributed by atoms with Gasteiger partial charge in [-0.3, -0.25) is 4.99 Å². The summed E-state index contributed by atoms with van der Waals surface area (Å²) in [4.78, 5) is 18.3. The predicted octanol–water partition coefficient (Wildman–Crippen LogP) is 5.78. The van der Waals surface area contributed by atoms with Gasteiger partial charge in [-0.15, -0.1) is 0 Å². The number of allylic oxidation sites excluding steroid dienone is 3. The van der Waals surface area contributed by atoms with Crippen LogP contribution >= 0.6 is 23.4 Å². The van der Waals surface area contributed by atoms with Gasteiger partial charge in [0.25, 0.3) is 0 Å². The van der Waals surface area contributed by atoms with Crippen molar-refractivity contribution in [1.82, 2.24) is 5.32 Å². The molecule has 0 fully saturated rings. The van der Waals surface area contributed by atoms with E-state index in [1.807, 2.05) is 43.5 Å². The third-order valence-electron chi connectivity index (χ3n) is 4.03. The number of aliphatic imine (C=N–C) groups is 1. The number of hydrogen-bond donors (Lipinski definition) is 1. The second-order valence-corrected chi connectivity index (χ2v) is 7.36. The largest absolute Gasteiger partial charge is 0.466 e. The van der Waals surface area contributed by atoms with Gasteiger partial charge in [0.1, 0.15) is 11.9 Å². The number of carbonyl (C=O) groups is 1. The zero-order valence-electron chi connectivity index (χ0n) is 16.1. The minimum atomic E-state index is -0.515.